The average molecular weight is 572 g/mol. The summed E-state index contributed by atoms with van der Waals surface area (Å²) in [6.07, 6.45) is 2.39. The largest absolute Gasteiger partial charge is 0.469 e. The Labute approximate surface area is 212 Å². The van der Waals surface area contributed by atoms with Crippen molar-refractivity contribution in [1.29, 1.82) is 0 Å². The molecule has 2 fully saturated rings. The van der Waals surface area contributed by atoms with Gasteiger partial charge in [-0.05, 0) is 36.8 Å². The van der Waals surface area contributed by atoms with Crippen LogP contribution in [0.1, 0.15) is 24.4 Å². The van der Waals surface area contributed by atoms with Crippen LogP contribution in [0.15, 0.2) is 52.1 Å². The fraction of sp³-hybridized carbons (Fsp3) is 0.542. The van der Waals surface area contributed by atoms with Gasteiger partial charge < -0.3 is 24.1 Å². The average Bonchev–Trinajstić information content (AvgIpc) is 3.32. The molecule has 1 aromatic carbocycles. The number of nitrogens with one attached hydrogen (secondary N) is 1. The van der Waals surface area contributed by atoms with Crippen LogP contribution in [0.2, 0.25) is 0 Å². The highest BCUT2D eigenvalue weighted by molar-refractivity contribution is 14.0. The highest BCUT2D eigenvalue weighted by Gasteiger charge is 2.28. The van der Waals surface area contributed by atoms with Gasteiger partial charge in [0.2, 0.25) is 0 Å². The molecule has 2 atom stereocenters. The van der Waals surface area contributed by atoms with Crippen molar-refractivity contribution >= 4 is 29.9 Å². The van der Waals surface area contributed by atoms with Gasteiger partial charge in [-0.1, -0.05) is 12.1 Å². The van der Waals surface area contributed by atoms with Crippen molar-refractivity contribution in [3.8, 4) is 0 Å². The zero-order chi connectivity index (χ0) is 22.2. The molecule has 1 aromatic heterocycles. The summed E-state index contributed by atoms with van der Waals surface area (Å²) in [5, 5.41) is 3.52. The standard InChI is InChI=1S/C24H33FN4O3.HI/c1-19-17-29(18-23(32-19)20-4-6-21(25)7-5-20)24(26-9-8-22-3-2-14-31-22)27-10-11-28-12-15-30-16-13-28;/h2-7,14,19,23H,8-13,15-18H2,1H3,(H,26,27);1H. The van der Waals surface area contributed by atoms with Gasteiger partial charge in [0.1, 0.15) is 17.7 Å². The maximum atomic E-state index is 13.4. The Balaban J connectivity index is 0.00000306. The third-order valence-corrected chi connectivity index (χ3v) is 5.82. The second-order valence-corrected chi connectivity index (χ2v) is 8.31. The van der Waals surface area contributed by atoms with Gasteiger partial charge >= 0.3 is 0 Å². The van der Waals surface area contributed by atoms with Gasteiger partial charge in [0, 0.05) is 39.1 Å². The molecule has 182 valence electrons. The number of furan rings is 1. The maximum Gasteiger partial charge on any atom is 0.194 e. The summed E-state index contributed by atoms with van der Waals surface area (Å²) in [7, 11) is 0. The minimum absolute atomic E-state index is 0. The van der Waals surface area contributed by atoms with Gasteiger partial charge in [0.25, 0.3) is 0 Å². The molecule has 0 aliphatic carbocycles. The quantitative estimate of drug-likeness (QED) is 0.312. The number of ether oxygens (including phenoxy) is 2. The molecule has 4 rings (SSSR count). The molecule has 7 nitrogen and oxygen atoms in total. The van der Waals surface area contributed by atoms with Crippen molar-refractivity contribution in [1.82, 2.24) is 15.1 Å². The number of rotatable bonds is 7. The molecule has 0 bridgehead atoms. The Hall–Kier alpha value is -1.69. The third-order valence-electron chi connectivity index (χ3n) is 5.82. The molecule has 2 saturated heterocycles. The van der Waals surface area contributed by atoms with E-state index in [1.807, 2.05) is 12.1 Å². The number of nitrogens with zero attached hydrogens (tertiary/aromatic N) is 3. The van der Waals surface area contributed by atoms with Crippen LogP contribution in [0.4, 0.5) is 4.39 Å². The predicted molar refractivity (Wildman–Crippen MR) is 137 cm³/mol. The van der Waals surface area contributed by atoms with E-state index in [0.29, 0.717) is 6.54 Å². The fourth-order valence-electron chi connectivity index (χ4n) is 4.13. The van der Waals surface area contributed by atoms with E-state index < -0.39 is 0 Å². The Bertz CT molecular complexity index is 844. The second kappa shape index (κ2) is 13.3. The van der Waals surface area contributed by atoms with Crippen molar-refractivity contribution in [2.24, 2.45) is 4.99 Å². The lowest BCUT2D eigenvalue weighted by atomic mass is 10.1. The summed E-state index contributed by atoms with van der Waals surface area (Å²) in [6.45, 7) is 9.34. The first-order valence-electron chi connectivity index (χ1n) is 11.4. The molecule has 0 saturated carbocycles. The van der Waals surface area contributed by atoms with E-state index >= 15 is 0 Å². The third kappa shape index (κ3) is 7.94. The number of hydrogen-bond donors (Lipinski definition) is 1. The molecule has 2 aromatic rings. The molecular weight excluding hydrogens is 538 g/mol. The van der Waals surface area contributed by atoms with Crippen molar-refractivity contribution in [3.05, 3.63) is 59.8 Å². The van der Waals surface area contributed by atoms with Gasteiger partial charge in [-0.2, -0.15) is 0 Å². The minimum atomic E-state index is -0.237. The molecule has 33 heavy (non-hydrogen) atoms. The van der Waals surface area contributed by atoms with Crippen molar-refractivity contribution < 1.29 is 18.3 Å². The van der Waals surface area contributed by atoms with Crippen molar-refractivity contribution in [3.63, 3.8) is 0 Å². The number of halogens is 2. The molecule has 3 heterocycles. The Kier molecular flexibility index (Phi) is 10.4. The predicted octanol–water partition coefficient (Wildman–Crippen LogP) is 3.32. The first-order chi connectivity index (χ1) is 15.7. The van der Waals surface area contributed by atoms with E-state index in [2.05, 4.69) is 22.0 Å². The highest BCUT2D eigenvalue weighted by atomic mass is 127. The van der Waals surface area contributed by atoms with E-state index in [-0.39, 0.29) is 42.0 Å². The van der Waals surface area contributed by atoms with Gasteiger partial charge in [0.15, 0.2) is 5.96 Å². The van der Waals surface area contributed by atoms with E-state index in [0.717, 1.165) is 76.2 Å². The maximum absolute atomic E-state index is 13.4. The summed E-state index contributed by atoms with van der Waals surface area (Å²) >= 11 is 0. The highest BCUT2D eigenvalue weighted by Crippen LogP contribution is 2.25. The van der Waals surface area contributed by atoms with Gasteiger partial charge in [0.05, 0.1) is 38.7 Å². The van der Waals surface area contributed by atoms with E-state index in [1.54, 1.807) is 18.4 Å². The molecule has 0 amide bonds. The summed E-state index contributed by atoms with van der Waals surface area (Å²) in [5.41, 5.74) is 0.978. The molecule has 0 radical (unpaired) electrons. The van der Waals surface area contributed by atoms with Crippen LogP contribution in [-0.4, -0.2) is 80.9 Å². The number of benzene rings is 1. The monoisotopic (exact) mass is 572 g/mol. The van der Waals surface area contributed by atoms with E-state index in [9.17, 15) is 4.39 Å². The summed E-state index contributed by atoms with van der Waals surface area (Å²) in [4.78, 5) is 9.58. The lowest BCUT2D eigenvalue weighted by Crippen LogP contribution is -2.51. The van der Waals surface area contributed by atoms with Crippen LogP contribution in [0.3, 0.4) is 0 Å². The van der Waals surface area contributed by atoms with Crippen molar-refractivity contribution in [2.75, 3.05) is 59.0 Å². The van der Waals surface area contributed by atoms with Gasteiger partial charge in [-0.25, -0.2) is 4.39 Å². The zero-order valence-corrected chi connectivity index (χ0v) is 21.5. The molecule has 0 spiro atoms. The Morgan fingerprint density at radius 3 is 2.67 bits per heavy atom. The topological polar surface area (TPSA) is 62.5 Å². The summed E-state index contributed by atoms with van der Waals surface area (Å²) in [6, 6.07) is 10.5. The normalized spacial score (nSPS) is 22.1. The fourth-order valence-corrected chi connectivity index (χ4v) is 4.13. The Morgan fingerprint density at radius 1 is 1.15 bits per heavy atom. The second-order valence-electron chi connectivity index (χ2n) is 8.31. The first kappa shape index (κ1) is 25.9. The molecule has 2 aliphatic heterocycles. The molecular formula is C24H34FIN4O3. The molecule has 2 unspecified atom stereocenters. The van der Waals surface area contributed by atoms with Gasteiger partial charge in [-0.3, -0.25) is 9.89 Å². The summed E-state index contributed by atoms with van der Waals surface area (Å²) < 4.78 is 30.5. The van der Waals surface area contributed by atoms with Crippen LogP contribution >= 0.6 is 24.0 Å². The minimum Gasteiger partial charge on any atom is -0.469 e. The lowest BCUT2D eigenvalue weighted by molar-refractivity contribution is -0.0605. The van der Waals surface area contributed by atoms with E-state index in [1.165, 1.54) is 12.1 Å². The number of hydrogen-bond acceptors (Lipinski definition) is 5. The van der Waals surface area contributed by atoms with Crippen LogP contribution < -0.4 is 5.32 Å². The van der Waals surface area contributed by atoms with Gasteiger partial charge in [-0.15, -0.1) is 24.0 Å². The lowest BCUT2D eigenvalue weighted by Gasteiger charge is -2.39. The number of aliphatic imine (C=N–C) groups is 1. The number of morpholine rings is 2. The van der Waals surface area contributed by atoms with E-state index in [4.69, 9.17) is 18.9 Å². The first-order valence-corrected chi connectivity index (χ1v) is 11.4. The zero-order valence-electron chi connectivity index (χ0n) is 19.1. The van der Waals surface area contributed by atoms with Crippen LogP contribution in [0.5, 0.6) is 0 Å². The Morgan fingerprint density at radius 2 is 1.94 bits per heavy atom. The molecule has 1 N–H and O–H groups in total. The molecule has 2 aliphatic rings. The van der Waals surface area contributed by atoms with Crippen molar-refractivity contribution in [2.45, 2.75) is 25.6 Å². The SMILES string of the molecule is CC1CN(C(=NCCN2CCOCC2)NCCc2ccco2)CC(c2ccc(F)cc2)O1.I. The van der Waals surface area contributed by atoms with Crippen LogP contribution in [-0.2, 0) is 15.9 Å². The number of guanidine groups is 1. The van der Waals surface area contributed by atoms with Crippen LogP contribution in [0, 0.1) is 5.82 Å². The van der Waals surface area contributed by atoms with Crippen LogP contribution in [0.25, 0.3) is 0 Å². The summed E-state index contributed by atoms with van der Waals surface area (Å²) in [5.74, 6) is 1.59. The smallest absolute Gasteiger partial charge is 0.194 e. The molecule has 9 heteroatoms.